The Bertz CT molecular complexity index is 952. The number of benzene rings is 2. The normalized spacial score (nSPS) is 14.8. The number of halogens is 1. The van der Waals surface area contributed by atoms with Crippen LogP contribution in [0.2, 0.25) is 5.02 Å². The number of nitrogens with zero attached hydrogens (tertiary/aromatic N) is 1. The molecule has 0 aromatic heterocycles. The molecule has 0 heterocycles. The largest absolute Gasteiger partial charge is 0.483 e. The van der Waals surface area contributed by atoms with Gasteiger partial charge in [-0.2, -0.15) is 0 Å². The minimum Gasteiger partial charge on any atom is -0.483 e. The Labute approximate surface area is 196 Å². The lowest BCUT2D eigenvalue weighted by molar-refractivity contribution is -0.142. The lowest BCUT2D eigenvalue weighted by Crippen LogP contribution is -2.50. The molecule has 5 nitrogen and oxygen atoms in total. The molecule has 1 saturated carbocycles. The van der Waals surface area contributed by atoms with Crippen LogP contribution in [0.3, 0.4) is 0 Å². The molecule has 172 valence electrons. The maximum absolute atomic E-state index is 13.2. The van der Waals surface area contributed by atoms with Crippen LogP contribution in [0.25, 0.3) is 0 Å². The summed E-state index contributed by atoms with van der Waals surface area (Å²) in [4.78, 5) is 27.8. The molecule has 0 bridgehead atoms. The van der Waals surface area contributed by atoms with Crippen LogP contribution in [0.4, 0.5) is 0 Å². The van der Waals surface area contributed by atoms with Crippen molar-refractivity contribution in [1.29, 1.82) is 0 Å². The van der Waals surface area contributed by atoms with Crippen LogP contribution in [0.1, 0.15) is 54.9 Å². The summed E-state index contributed by atoms with van der Waals surface area (Å²) in [5.41, 5.74) is 4.12. The average molecular weight is 457 g/mol. The van der Waals surface area contributed by atoms with Gasteiger partial charge in [0.05, 0.1) is 0 Å². The third-order valence-electron chi connectivity index (χ3n) is 6.25. The number of ether oxygens (including phenoxy) is 1. The van der Waals surface area contributed by atoms with Crippen LogP contribution in [-0.4, -0.2) is 35.4 Å². The van der Waals surface area contributed by atoms with E-state index in [0.29, 0.717) is 17.3 Å². The van der Waals surface area contributed by atoms with Gasteiger partial charge in [0.15, 0.2) is 6.61 Å². The van der Waals surface area contributed by atoms with E-state index in [2.05, 4.69) is 11.4 Å². The second-order valence-corrected chi connectivity index (χ2v) is 9.24. The van der Waals surface area contributed by atoms with Crippen molar-refractivity contribution >= 4 is 23.4 Å². The molecule has 1 fully saturated rings. The molecule has 1 atom stereocenters. The van der Waals surface area contributed by atoms with E-state index in [9.17, 15) is 9.59 Å². The standard InChI is InChI=1S/C26H33ClN2O3/c1-17-13-18(2)19(3)24(14-17)32-16-25(30)29(15-21-9-11-22(27)12-10-21)20(4)26(31)28-23-7-5-6-8-23/h9-14,20,23H,5-8,15-16H2,1-4H3,(H,28,31)/t20-/m1/s1. The van der Waals surface area contributed by atoms with Crippen LogP contribution in [0.5, 0.6) is 5.75 Å². The van der Waals surface area contributed by atoms with Crippen LogP contribution in [0, 0.1) is 20.8 Å². The fraction of sp³-hybridized carbons (Fsp3) is 0.462. The van der Waals surface area contributed by atoms with E-state index < -0.39 is 6.04 Å². The first-order valence-corrected chi connectivity index (χ1v) is 11.7. The van der Waals surface area contributed by atoms with Crippen molar-refractivity contribution in [2.75, 3.05) is 6.61 Å². The van der Waals surface area contributed by atoms with Crippen LogP contribution < -0.4 is 10.1 Å². The van der Waals surface area contributed by atoms with Gasteiger partial charge in [-0.15, -0.1) is 0 Å². The average Bonchev–Trinajstić information content (AvgIpc) is 3.27. The quantitative estimate of drug-likeness (QED) is 0.599. The fourth-order valence-electron chi connectivity index (χ4n) is 4.13. The second-order valence-electron chi connectivity index (χ2n) is 8.81. The fourth-order valence-corrected chi connectivity index (χ4v) is 4.26. The molecule has 1 aliphatic rings. The number of hydrogen-bond donors (Lipinski definition) is 1. The summed E-state index contributed by atoms with van der Waals surface area (Å²) < 4.78 is 5.92. The van der Waals surface area contributed by atoms with Crippen molar-refractivity contribution in [3.05, 3.63) is 63.7 Å². The third-order valence-corrected chi connectivity index (χ3v) is 6.50. The maximum Gasteiger partial charge on any atom is 0.261 e. The zero-order chi connectivity index (χ0) is 23.3. The van der Waals surface area contributed by atoms with Gasteiger partial charge in [0.2, 0.25) is 5.91 Å². The van der Waals surface area contributed by atoms with Crippen molar-refractivity contribution in [2.45, 2.75) is 72.0 Å². The predicted molar refractivity (Wildman–Crippen MR) is 128 cm³/mol. The molecule has 1 N–H and O–H groups in total. The number of nitrogens with one attached hydrogen (secondary N) is 1. The number of amides is 2. The van der Waals surface area contributed by atoms with Gasteiger partial charge in [0.25, 0.3) is 5.91 Å². The van der Waals surface area contributed by atoms with Crippen LogP contribution in [-0.2, 0) is 16.1 Å². The molecule has 3 rings (SSSR count). The van der Waals surface area contributed by atoms with Crippen molar-refractivity contribution in [1.82, 2.24) is 10.2 Å². The van der Waals surface area contributed by atoms with E-state index in [-0.39, 0.29) is 24.5 Å². The molecule has 0 spiro atoms. The Morgan fingerprint density at radius 2 is 1.78 bits per heavy atom. The van der Waals surface area contributed by atoms with Crippen molar-refractivity contribution in [3.63, 3.8) is 0 Å². The molecular formula is C26H33ClN2O3. The number of aryl methyl sites for hydroxylation is 2. The molecule has 0 unspecified atom stereocenters. The maximum atomic E-state index is 13.2. The Morgan fingerprint density at radius 1 is 1.12 bits per heavy atom. The number of rotatable bonds is 8. The Hall–Kier alpha value is -2.53. The summed E-state index contributed by atoms with van der Waals surface area (Å²) in [6, 6.07) is 10.9. The lowest BCUT2D eigenvalue weighted by atomic mass is 10.1. The van der Waals surface area contributed by atoms with Crippen molar-refractivity contribution < 1.29 is 14.3 Å². The first kappa shape index (κ1) is 24.1. The summed E-state index contributed by atoms with van der Waals surface area (Å²) in [5.74, 6) is 0.347. The second kappa shape index (κ2) is 10.9. The summed E-state index contributed by atoms with van der Waals surface area (Å²) in [7, 11) is 0. The highest BCUT2D eigenvalue weighted by atomic mass is 35.5. The number of hydrogen-bond acceptors (Lipinski definition) is 3. The van der Waals surface area contributed by atoms with E-state index in [1.54, 1.807) is 24.0 Å². The topological polar surface area (TPSA) is 58.6 Å². The predicted octanol–water partition coefficient (Wildman–Crippen LogP) is 5.12. The smallest absolute Gasteiger partial charge is 0.261 e. The minimum atomic E-state index is -0.609. The molecule has 0 aliphatic heterocycles. The molecule has 0 radical (unpaired) electrons. The van der Waals surface area contributed by atoms with Gasteiger partial charge in [-0.3, -0.25) is 9.59 Å². The Balaban J connectivity index is 1.74. The van der Waals surface area contributed by atoms with Crippen LogP contribution >= 0.6 is 11.6 Å². The molecule has 1 aliphatic carbocycles. The Kier molecular flexibility index (Phi) is 8.19. The molecule has 0 saturated heterocycles. The highest BCUT2D eigenvalue weighted by Crippen LogP contribution is 2.24. The van der Waals surface area contributed by atoms with E-state index in [0.717, 1.165) is 47.9 Å². The SMILES string of the molecule is Cc1cc(C)c(C)c(OCC(=O)N(Cc2ccc(Cl)cc2)[C@H](C)C(=O)NC2CCCC2)c1. The molecule has 2 aromatic rings. The van der Waals surface area contributed by atoms with Gasteiger partial charge < -0.3 is 15.0 Å². The highest BCUT2D eigenvalue weighted by molar-refractivity contribution is 6.30. The number of carbonyl (C=O) groups is 2. The monoisotopic (exact) mass is 456 g/mol. The van der Waals surface area contributed by atoms with Gasteiger partial charge in [-0.05, 0) is 81.0 Å². The molecular weight excluding hydrogens is 424 g/mol. The van der Waals surface area contributed by atoms with Gasteiger partial charge in [-0.25, -0.2) is 0 Å². The summed E-state index contributed by atoms with van der Waals surface area (Å²) in [6.45, 7) is 7.98. The van der Waals surface area contributed by atoms with Gasteiger partial charge >= 0.3 is 0 Å². The molecule has 2 amide bonds. The third kappa shape index (κ3) is 6.26. The highest BCUT2D eigenvalue weighted by Gasteiger charge is 2.28. The van der Waals surface area contributed by atoms with E-state index in [4.69, 9.17) is 16.3 Å². The van der Waals surface area contributed by atoms with E-state index >= 15 is 0 Å². The van der Waals surface area contributed by atoms with Gasteiger partial charge in [0, 0.05) is 17.6 Å². The first-order chi connectivity index (χ1) is 15.2. The lowest BCUT2D eigenvalue weighted by Gasteiger charge is -2.30. The molecule has 6 heteroatoms. The zero-order valence-corrected chi connectivity index (χ0v) is 20.2. The van der Waals surface area contributed by atoms with Crippen LogP contribution in [0.15, 0.2) is 36.4 Å². The summed E-state index contributed by atoms with van der Waals surface area (Å²) in [6.07, 6.45) is 4.27. The van der Waals surface area contributed by atoms with Crippen molar-refractivity contribution in [2.24, 2.45) is 0 Å². The summed E-state index contributed by atoms with van der Waals surface area (Å²) >= 11 is 6.01. The number of carbonyl (C=O) groups excluding carboxylic acids is 2. The van der Waals surface area contributed by atoms with E-state index in [1.807, 2.05) is 39.0 Å². The zero-order valence-electron chi connectivity index (χ0n) is 19.4. The summed E-state index contributed by atoms with van der Waals surface area (Å²) in [5, 5.41) is 3.74. The Morgan fingerprint density at radius 3 is 2.44 bits per heavy atom. The molecule has 2 aromatic carbocycles. The van der Waals surface area contributed by atoms with Gasteiger partial charge in [0.1, 0.15) is 11.8 Å². The van der Waals surface area contributed by atoms with E-state index in [1.165, 1.54) is 0 Å². The minimum absolute atomic E-state index is 0.123. The first-order valence-electron chi connectivity index (χ1n) is 11.3. The molecule has 32 heavy (non-hydrogen) atoms. The van der Waals surface area contributed by atoms with Crippen molar-refractivity contribution in [3.8, 4) is 5.75 Å². The van der Waals surface area contributed by atoms with Gasteiger partial charge in [-0.1, -0.05) is 42.6 Å².